The molecule has 0 spiro atoms. The van der Waals surface area contributed by atoms with Gasteiger partial charge in [-0.1, -0.05) is 61.2 Å². The van der Waals surface area contributed by atoms with E-state index in [1.807, 2.05) is 6.07 Å². The van der Waals surface area contributed by atoms with E-state index in [2.05, 4.69) is 5.32 Å². The first-order valence-corrected chi connectivity index (χ1v) is 14.9. The maximum atomic E-state index is 14.3. The topological polar surface area (TPSA) is 86.8 Å². The first kappa shape index (κ1) is 28.9. The highest BCUT2D eigenvalue weighted by molar-refractivity contribution is 7.92. The fraction of sp³-hybridized carbons (Fsp3) is 0.481. The molecule has 10 heteroatoms. The Morgan fingerprint density at radius 2 is 1.73 bits per heavy atom. The Morgan fingerprint density at radius 3 is 2.38 bits per heavy atom. The van der Waals surface area contributed by atoms with Crippen LogP contribution in [0.5, 0.6) is 0 Å². The van der Waals surface area contributed by atoms with Crippen molar-refractivity contribution < 1.29 is 22.4 Å². The number of anilines is 1. The number of para-hydroxylation sites is 1. The van der Waals surface area contributed by atoms with Gasteiger partial charge in [0.15, 0.2) is 0 Å². The number of hydrogen-bond donors (Lipinski definition) is 1. The standard InChI is InChI=1S/C27H35ClFN3O4S/c1-20(27(34)30-22-12-4-3-5-13-22)31(19-21-11-6-7-14-23(21)28)26(33)17-10-18-32(37(2,35)36)25-16-9-8-15-24(25)29/h6-9,11,14-16,20,22H,3-5,10,12-13,17-19H2,1-2H3,(H,30,34). The van der Waals surface area contributed by atoms with E-state index in [4.69, 9.17) is 11.6 Å². The van der Waals surface area contributed by atoms with Crippen molar-refractivity contribution in [2.24, 2.45) is 0 Å². The minimum Gasteiger partial charge on any atom is -0.352 e. The Morgan fingerprint density at radius 1 is 1.08 bits per heavy atom. The lowest BCUT2D eigenvalue weighted by molar-refractivity contribution is -0.141. The van der Waals surface area contributed by atoms with E-state index >= 15 is 0 Å². The van der Waals surface area contributed by atoms with Gasteiger partial charge in [0.1, 0.15) is 11.9 Å². The maximum absolute atomic E-state index is 14.3. The highest BCUT2D eigenvalue weighted by Crippen LogP contribution is 2.24. The van der Waals surface area contributed by atoms with Gasteiger partial charge in [0.2, 0.25) is 21.8 Å². The largest absolute Gasteiger partial charge is 0.352 e. The van der Waals surface area contributed by atoms with Crippen molar-refractivity contribution in [2.75, 3.05) is 17.1 Å². The van der Waals surface area contributed by atoms with Gasteiger partial charge in [-0.05, 0) is 49.9 Å². The van der Waals surface area contributed by atoms with Crippen LogP contribution in [-0.2, 0) is 26.2 Å². The Bertz CT molecular complexity index is 1190. The summed E-state index contributed by atoms with van der Waals surface area (Å²) in [4.78, 5) is 28.0. The third-order valence-corrected chi connectivity index (χ3v) is 8.24. The molecule has 3 rings (SSSR count). The number of nitrogens with one attached hydrogen (secondary N) is 1. The summed E-state index contributed by atoms with van der Waals surface area (Å²) in [6.45, 7) is 1.75. The van der Waals surface area contributed by atoms with Crippen LogP contribution in [0.2, 0.25) is 5.02 Å². The fourth-order valence-electron chi connectivity index (χ4n) is 4.60. The summed E-state index contributed by atoms with van der Waals surface area (Å²) < 4.78 is 40.0. The normalized spacial score (nSPS) is 15.1. The zero-order valence-corrected chi connectivity index (χ0v) is 22.9. The number of amides is 2. The number of carbonyl (C=O) groups is 2. The van der Waals surface area contributed by atoms with E-state index in [0.717, 1.165) is 42.7 Å². The molecule has 0 aromatic heterocycles. The summed E-state index contributed by atoms with van der Waals surface area (Å²) in [5.41, 5.74) is 0.643. The second-order valence-corrected chi connectivity index (χ2v) is 11.8. The Labute approximate surface area is 224 Å². The Balaban J connectivity index is 1.73. The second kappa shape index (κ2) is 13.2. The maximum Gasteiger partial charge on any atom is 0.242 e. The van der Waals surface area contributed by atoms with Crippen molar-refractivity contribution in [2.45, 2.75) is 70.5 Å². The van der Waals surface area contributed by atoms with E-state index in [9.17, 15) is 22.4 Å². The van der Waals surface area contributed by atoms with Crippen molar-refractivity contribution in [1.29, 1.82) is 0 Å². The van der Waals surface area contributed by atoms with Gasteiger partial charge in [0.05, 0.1) is 11.9 Å². The quantitative estimate of drug-likeness (QED) is 0.431. The summed E-state index contributed by atoms with van der Waals surface area (Å²) in [7, 11) is -3.77. The summed E-state index contributed by atoms with van der Waals surface area (Å²) in [5.74, 6) is -1.20. The Hall–Kier alpha value is -2.65. The van der Waals surface area contributed by atoms with Gasteiger partial charge in [0, 0.05) is 30.6 Å². The lowest BCUT2D eigenvalue weighted by Crippen LogP contribution is -2.50. The van der Waals surface area contributed by atoms with Crippen LogP contribution in [0.3, 0.4) is 0 Å². The number of hydrogen-bond acceptors (Lipinski definition) is 4. The van der Waals surface area contributed by atoms with Gasteiger partial charge in [-0.15, -0.1) is 0 Å². The molecule has 1 atom stereocenters. The van der Waals surface area contributed by atoms with E-state index in [1.54, 1.807) is 31.2 Å². The van der Waals surface area contributed by atoms with Crippen molar-refractivity contribution in [3.8, 4) is 0 Å². The van der Waals surface area contributed by atoms with Gasteiger partial charge >= 0.3 is 0 Å². The van der Waals surface area contributed by atoms with E-state index in [1.165, 1.54) is 23.1 Å². The van der Waals surface area contributed by atoms with E-state index in [0.29, 0.717) is 10.6 Å². The van der Waals surface area contributed by atoms with E-state index in [-0.39, 0.29) is 49.5 Å². The molecule has 0 aliphatic heterocycles. The molecule has 0 heterocycles. The molecule has 2 amide bonds. The zero-order valence-electron chi connectivity index (χ0n) is 21.3. The summed E-state index contributed by atoms with van der Waals surface area (Å²) in [6, 6.07) is 12.1. The van der Waals surface area contributed by atoms with Crippen LogP contribution < -0.4 is 9.62 Å². The molecule has 1 saturated carbocycles. The van der Waals surface area contributed by atoms with Gasteiger partial charge in [-0.2, -0.15) is 0 Å². The molecule has 1 aliphatic carbocycles. The summed E-state index contributed by atoms with van der Waals surface area (Å²) >= 11 is 6.34. The van der Waals surface area contributed by atoms with Crippen molar-refractivity contribution in [3.05, 3.63) is 64.9 Å². The first-order chi connectivity index (χ1) is 17.6. The highest BCUT2D eigenvalue weighted by atomic mass is 35.5. The Kier molecular flexibility index (Phi) is 10.3. The molecule has 1 fully saturated rings. The van der Waals surface area contributed by atoms with Crippen LogP contribution in [0.25, 0.3) is 0 Å². The lowest BCUT2D eigenvalue weighted by Gasteiger charge is -2.31. The van der Waals surface area contributed by atoms with E-state index < -0.39 is 21.9 Å². The first-order valence-electron chi connectivity index (χ1n) is 12.6. The van der Waals surface area contributed by atoms with Crippen molar-refractivity contribution in [1.82, 2.24) is 10.2 Å². The number of nitrogens with zero attached hydrogens (tertiary/aromatic N) is 2. The van der Waals surface area contributed by atoms with Crippen LogP contribution in [-0.4, -0.2) is 50.0 Å². The molecule has 0 bridgehead atoms. The zero-order chi connectivity index (χ0) is 27.0. The molecule has 202 valence electrons. The molecular formula is C27H35ClFN3O4S. The molecule has 2 aromatic rings. The van der Waals surface area contributed by atoms with Crippen molar-refractivity contribution in [3.63, 3.8) is 0 Å². The predicted molar refractivity (Wildman–Crippen MR) is 144 cm³/mol. The molecule has 1 N–H and O–H groups in total. The molecule has 0 radical (unpaired) electrons. The predicted octanol–water partition coefficient (Wildman–Crippen LogP) is 4.89. The molecule has 2 aromatic carbocycles. The molecule has 7 nitrogen and oxygen atoms in total. The third-order valence-electron chi connectivity index (χ3n) is 6.69. The average molecular weight is 552 g/mol. The molecular weight excluding hydrogens is 517 g/mol. The minimum atomic E-state index is -3.77. The highest BCUT2D eigenvalue weighted by Gasteiger charge is 2.29. The molecule has 37 heavy (non-hydrogen) atoms. The number of benzene rings is 2. The molecule has 1 aliphatic rings. The van der Waals surface area contributed by atoms with Gasteiger partial charge in [-0.25, -0.2) is 12.8 Å². The van der Waals surface area contributed by atoms with Crippen LogP contribution >= 0.6 is 11.6 Å². The number of sulfonamides is 1. The van der Waals surface area contributed by atoms with Crippen molar-refractivity contribution >= 4 is 39.1 Å². The van der Waals surface area contributed by atoms with Crippen LogP contribution in [0.1, 0.15) is 57.4 Å². The fourth-order valence-corrected chi connectivity index (χ4v) is 5.76. The number of halogens is 2. The molecule has 1 unspecified atom stereocenters. The van der Waals surface area contributed by atoms with Gasteiger partial charge in [-0.3, -0.25) is 13.9 Å². The number of carbonyl (C=O) groups excluding carboxylic acids is 2. The van der Waals surface area contributed by atoms with Gasteiger partial charge in [0.25, 0.3) is 0 Å². The monoisotopic (exact) mass is 551 g/mol. The second-order valence-electron chi connectivity index (χ2n) is 9.52. The lowest BCUT2D eigenvalue weighted by atomic mass is 9.95. The van der Waals surface area contributed by atoms with Crippen LogP contribution in [0, 0.1) is 5.82 Å². The van der Waals surface area contributed by atoms with Crippen LogP contribution in [0.15, 0.2) is 48.5 Å². The minimum absolute atomic E-state index is 0.0219. The van der Waals surface area contributed by atoms with Gasteiger partial charge < -0.3 is 10.2 Å². The smallest absolute Gasteiger partial charge is 0.242 e. The summed E-state index contributed by atoms with van der Waals surface area (Å²) in [6.07, 6.45) is 6.28. The summed E-state index contributed by atoms with van der Waals surface area (Å²) in [5, 5.41) is 3.57. The van der Waals surface area contributed by atoms with Crippen LogP contribution in [0.4, 0.5) is 10.1 Å². The number of rotatable bonds is 11. The SMILES string of the molecule is CC(C(=O)NC1CCCCC1)N(Cc1ccccc1Cl)C(=O)CCCN(c1ccccc1F)S(C)(=O)=O. The third kappa shape index (κ3) is 8.17. The average Bonchev–Trinajstić information content (AvgIpc) is 2.86. The molecule has 0 saturated heterocycles.